The second-order valence-corrected chi connectivity index (χ2v) is 8.68. The van der Waals surface area contributed by atoms with Crippen molar-refractivity contribution in [2.45, 2.75) is 89.1 Å². The molecule has 8 nitrogen and oxygen atoms in total. The summed E-state index contributed by atoms with van der Waals surface area (Å²) >= 11 is 0. The van der Waals surface area contributed by atoms with E-state index in [0.29, 0.717) is 24.7 Å². The summed E-state index contributed by atoms with van der Waals surface area (Å²) in [7, 11) is 1.98. The van der Waals surface area contributed by atoms with Gasteiger partial charge in [0.1, 0.15) is 12.4 Å². The fourth-order valence-electron chi connectivity index (χ4n) is 4.38. The minimum atomic E-state index is -0.137. The van der Waals surface area contributed by atoms with Gasteiger partial charge in [-0.1, -0.05) is 12.8 Å². The van der Waals surface area contributed by atoms with E-state index in [2.05, 4.69) is 25.7 Å². The van der Waals surface area contributed by atoms with Gasteiger partial charge >= 0.3 is 0 Å². The number of hydrogen-bond acceptors (Lipinski definition) is 5. The molecule has 0 spiro atoms. The van der Waals surface area contributed by atoms with Gasteiger partial charge < -0.3 is 20.3 Å². The number of aromatic nitrogens is 3. The van der Waals surface area contributed by atoms with Gasteiger partial charge in [0.05, 0.1) is 6.10 Å². The molecule has 2 heterocycles. The molecule has 1 aromatic heterocycles. The Kier molecular flexibility index (Phi) is 8.15. The molecular weight excluding hydrogens is 481 g/mol. The molecule has 0 radical (unpaired) electrons. The predicted octanol–water partition coefficient (Wildman–Crippen LogP) is 1.71. The Morgan fingerprint density at radius 3 is 2.28 bits per heavy atom. The number of piperidine rings is 1. The maximum atomic E-state index is 10.3. The molecule has 2 saturated carbocycles. The summed E-state index contributed by atoms with van der Waals surface area (Å²) in [6, 6.07) is 1.36. The number of nitrogens with zero attached hydrogens (tertiary/aromatic N) is 5. The van der Waals surface area contributed by atoms with Gasteiger partial charge in [0, 0.05) is 38.3 Å². The fraction of sp³-hybridized carbons (Fsp3) is 0.850. The number of aliphatic imine (C=N–C) groups is 1. The zero-order valence-corrected chi connectivity index (χ0v) is 20.0. The molecule has 9 heteroatoms. The van der Waals surface area contributed by atoms with Crippen molar-refractivity contribution in [3.05, 3.63) is 11.6 Å². The molecule has 1 aliphatic heterocycles. The van der Waals surface area contributed by atoms with E-state index in [1.165, 1.54) is 25.7 Å². The molecule has 2 atom stereocenters. The largest absolute Gasteiger partial charge is 0.391 e. The lowest BCUT2D eigenvalue weighted by Gasteiger charge is -2.41. The first-order valence-electron chi connectivity index (χ1n) is 10.9. The second kappa shape index (κ2) is 10.4. The van der Waals surface area contributed by atoms with Gasteiger partial charge in [0.15, 0.2) is 11.8 Å². The third kappa shape index (κ3) is 6.04. The number of hydrogen-bond donors (Lipinski definition) is 3. The number of rotatable bonds is 5. The maximum absolute atomic E-state index is 10.3. The van der Waals surface area contributed by atoms with Gasteiger partial charge in [-0.25, -0.2) is 4.99 Å². The van der Waals surface area contributed by atoms with Crippen LogP contribution >= 0.6 is 24.0 Å². The molecule has 3 fully saturated rings. The topological polar surface area (TPSA) is 90.6 Å². The number of likely N-dealkylation sites (tertiary alicyclic amines) is 1. The lowest BCUT2D eigenvalue weighted by Crippen LogP contribution is -2.53. The first kappa shape index (κ1) is 22.7. The SMILES string of the molecule is Cc1nnc(CN=C(NC2CC2)NC2CCN(C3CCCCC3O)CC2)n1C.I. The van der Waals surface area contributed by atoms with E-state index in [0.717, 1.165) is 56.4 Å². The number of halogens is 1. The molecule has 1 saturated heterocycles. The van der Waals surface area contributed by atoms with Crippen LogP contribution < -0.4 is 10.6 Å². The zero-order chi connectivity index (χ0) is 19.5. The lowest BCUT2D eigenvalue weighted by atomic mass is 9.89. The van der Waals surface area contributed by atoms with E-state index < -0.39 is 0 Å². The molecule has 2 aliphatic carbocycles. The van der Waals surface area contributed by atoms with Crippen LogP contribution in [0, 0.1) is 6.92 Å². The third-order valence-corrected chi connectivity index (χ3v) is 6.51. The van der Waals surface area contributed by atoms with Gasteiger partial charge in [-0.15, -0.1) is 34.2 Å². The zero-order valence-electron chi connectivity index (χ0n) is 17.7. The van der Waals surface area contributed by atoms with Gasteiger partial charge in [-0.3, -0.25) is 4.90 Å². The summed E-state index contributed by atoms with van der Waals surface area (Å²) in [6.45, 7) is 4.60. The highest BCUT2D eigenvalue weighted by Crippen LogP contribution is 2.26. The Morgan fingerprint density at radius 1 is 1.03 bits per heavy atom. The summed E-state index contributed by atoms with van der Waals surface area (Å²) in [5.74, 6) is 2.70. The molecule has 2 unspecified atom stereocenters. The number of aliphatic hydroxyl groups is 1. The average molecular weight is 517 g/mol. The van der Waals surface area contributed by atoms with Gasteiger partial charge in [-0.2, -0.15) is 0 Å². The smallest absolute Gasteiger partial charge is 0.192 e. The third-order valence-electron chi connectivity index (χ3n) is 6.51. The van der Waals surface area contributed by atoms with E-state index in [1.54, 1.807) is 0 Å². The maximum Gasteiger partial charge on any atom is 0.192 e. The summed E-state index contributed by atoms with van der Waals surface area (Å²) in [6.07, 6.45) is 9.04. The summed E-state index contributed by atoms with van der Waals surface area (Å²) in [5.41, 5.74) is 0. The van der Waals surface area contributed by atoms with E-state index in [-0.39, 0.29) is 30.1 Å². The first-order valence-corrected chi connectivity index (χ1v) is 10.9. The number of nitrogens with one attached hydrogen (secondary N) is 2. The fourth-order valence-corrected chi connectivity index (χ4v) is 4.38. The molecule has 1 aromatic rings. The highest BCUT2D eigenvalue weighted by Gasteiger charge is 2.32. The predicted molar refractivity (Wildman–Crippen MR) is 124 cm³/mol. The van der Waals surface area contributed by atoms with Crippen molar-refractivity contribution in [1.82, 2.24) is 30.3 Å². The Labute approximate surface area is 191 Å². The van der Waals surface area contributed by atoms with Crippen LogP contribution in [0.15, 0.2) is 4.99 Å². The van der Waals surface area contributed by atoms with Crippen molar-refractivity contribution < 1.29 is 5.11 Å². The lowest BCUT2D eigenvalue weighted by molar-refractivity contribution is 0.00810. The normalized spacial score (nSPS) is 26.8. The summed E-state index contributed by atoms with van der Waals surface area (Å²) < 4.78 is 1.99. The van der Waals surface area contributed by atoms with Gasteiger partial charge in [0.2, 0.25) is 0 Å². The van der Waals surface area contributed by atoms with Crippen molar-refractivity contribution in [3.63, 3.8) is 0 Å². The van der Waals surface area contributed by atoms with Crippen molar-refractivity contribution in [3.8, 4) is 0 Å². The Bertz CT molecular complexity index is 682. The van der Waals surface area contributed by atoms with E-state index in [9.17, 15) is 5.11 Å². The first-order chi connectivity index (χ1) is 13.6. The minimum Gasteiger partial charge on any atom is -0.391 e. The van der Waals surface area contributed by atoms with E-state index in [1.807, 2.05) is 18.5 Å². The Balaban J connectivity index is 0.00000240. The van der Waals surface area contributed by atoms with Crippen molar-refractivity contribution in [2.75, 3.05) is 13.1 Å². The van der Waals surface area contributed by atoms with Gasteiger partial charge in [0.25, 0.3) is 0 Å². The van der Waals surface area contributed by atoms with Crippen LogP contribution in [0.5, 0.6) is 0 Å². The van der Waals surface area contributed by atoms with Crippen molar-refractivity contribution in [1.29, 1.82) is 0 Å². The minimum absolute atomic E-state index is 0. The highest BCUT2D eigenvalue weighted by molar-refractivity contribution is 14.0. The molecule has 3 aliphatic rings. The molecule has 29 heavy (non-hydrogen) atoms. The molecule has 0 aromatic carbocycles. The monoisotopic (exact) mass is 517 g/mol. The summed E-state index contributed by atoms with van der Waals surface area (Å²) in [5, 5.41) is 25.9. The standard InChI is InChI=1S/C20H35N7O.HI/c1-14-24-25-19(26(14)2)13-21-20(22-15-7-8-15)23-16-9-11-27(12-10-16)17-5-3-4-6-18(17)28;/h15-18,28H,3-13H2,1-2H3,(H2,21,22,23);1H. The van der Waals surface area contributed by atoms with Crippen LogP contribution in [0.2, 0.25) is 0 Å². The number of aryl methyl sites for hydroxylation is 1. The molecule has 164 valence electrons. The van der Waals surface area contributed by atoms with Crippen LogP contribution in [0.25, 0.3) is 0 Å². The molecular formula is C20H36IN7O. The van der Waals surface area contributed by atoms with Crippen LogP contribution in [-0.2, 0) is 13.6 Å². The van der Waals surface area contributed by atoms with Crippen LogP contribution in [0.3, 0.4) is 0 Å². The van der Waals surface area contributed by atoms with Crippen LogP contribution in [0.4, 0.5) is 0 Å². The van der Waals surface area contributed by atoms with E-state index >= 15 is 0 Å². The number of aliphatic hydroxyl groups excluding tert-OH is 1. The Morgan fingerprint density at radius 2 is 1.69 bits per heavy atom. The highest BCUT2D eigenvalue weighted by atomic mass is 127. The van der Waals surface area contributed by atoms with Crippen LogP contribution in [0.1, 0.15) is 63.0 Å². The molecule has 3 N–H and O–H groups in total. The number of guanidine groups is 1. The average Bonchev–Trinajstić information content (AvgIpc) is 3.46. The molecule has 0 amide bonds. The summed E-state index contributed by atoms with van der Waals surface area (Å²) in [4.78, 5) is 7.29. The van der Waals surface area contributed by atoms with Crippen molar-refractivity contribution in [2.24, 2.45) is 12.0 Å². The Hall–Kier alpha value is -0.940. The van der Waals surface area contributed by atoms with Crippen LogP contribution in [-0.4, -0.2) is 68.0 Å². The van der Waals surface area contributed by atoms with E-state index in [4.69, 9.17) is 4.99 Å². The molecule has 0 bridgehead atoms. The second-order valence-electron chi connectivity index (χ2n) is 8.68. The quantitative estimate of drug-likeness (QED) is 0.313. The molecule has 4 rings (SSSR count). The van der Waals surface area contributed by atoms with Crippen molar-refractivity contribution >= 4 is 29.9 Å². The van der Waals surface area contributed by atoms with Gasteiger partial charge in [-0.05, 0) is 45.4 Å².